The molecule has 3 amide bonds. The molecule has 3 N–H and O–H groups in total. The zero-order chi connectivity index (χ0) is 18.8. The minimum Gasteiger partial charge on any atom is -0.496 e. The lowest BCUT2D eigenvalue weighted by atomic mass is 10.2. The van der Waals surface area contributed by atoms with E-state index in [9.17, 15) is 14.4 Å². The van der Waals surface area contributed by atoms with Crippen LogP contribution < -0.4 is 20.8 Å². The number of nitrogens with one attached hydrogen (secondary N) is 3. The number of ether oxygens (including phenoxy) is 1. The molecule has 0 radical (unpaired) electrons. The molecule has 0 bridgehead atoms. The van der Waals surface area contributed by atoms with E-state index in [2.05, 4.69) is 21.2 Å². The number of para-hydroxylation sites is 1. The predicted octanol–water partition coefficient (Wildman–Crippen LogP) is 0.718. The quantitative estimate of drug-likeness (QED) is 0.383. The molecule has 0 aliphatic rings. The molecule has 0 aliphatic heterocycles. The second-order valence-electron chi connectivity index (χ2n) is 5.68. The molecule has 0 unspecified atom stereocenters. The average Bonchev–Trinajstić information content (AvgIpc) is 2.57. The van der Waals surface area contributed by atoms with Crippen LogP contribution in [0.15, 0.2) is 29.4 Å². The molecular weight excluding hydrogens is 324 g/mol. The third-order valence-electron chi connectivity index (χ3n) is 3.06. The number of hydrazone groups is 1. The number of rotatable bonds is 7. The molecule has 8 heteroatoms. The van der Waals surface area contributed by atoms with Crippen molar-refractivity contribution in [1.29, 1.82) is 0 Å². The molecule has 1 rings (SSSR count). The van der Waals surface area contributed by atoms with Crippen molar-refractivity contribution in [3.05, 3.63) is 29.8 Å². The third kappa shape index (κ3) is 7.47. The molecule has 0 saturated heterocycles. The van der Waals surface area contributed by atoms with Crippen molar-refractivity contribution in [2.75, 3.05) is 7.11 Å². The number of carbonyl (C=O) groups is 3. The van der Waals surface area contributed by atoms with Gasteiger partial charge in [0.05, 0.1) is 13.5 Å². The number of benzene rings is 1. The van der Waals surface area contributed by atoms with Gasteiger partial charge in [-0.1, -0.05) is 18.2 Å². The minimum absolute atomic E-state index is 0.00122. The number of carbonyl (C=O) groups excluding carboxylic acids is 3. The van der Waals surface area contributed by atoms with Crippen molar-refractivity contribution in [2.24, 2.45) is 5.10 Å². The van der Waals surface area contributed by atoms with Gasteiger partial charge in [0.1, 0.15) is 5.75 Å². The fourth-order valence-electron chi connectivity index (χ4n) is 1.90. The molecule has 0 fully saturated rings. The first-order chi connectivity index (χ1) is 11.8. The smallest absolute Gasteiger partial charge is 0.329 e. The van der Waals surface area contributed by atoms with E-state index in [-0.39, 0.29) is 18.4 Å². The predicted molar refractivity (Wildman–Crippen MR) is 94.0 cm³/mol. The summed E-state index contributed by atoms with van der Waals surface area (Å²) >= 11 is 0. The molecule has 0 aliphatic carbocycles. The number of hydrogen-bond acceptors (Lipinski definition) is 5. The maximum atomic E-state index is 11.9. The minimum atomic E-state index is -0.873. The highest BCUT2D eigenvalue weighted by Gasteiger charge is 2.14. The van der Waals surface area contributed by atoms with Gasteiger partial charge >= 0.3 is 11.8 Å². The summed E-state index contributed by atoms with van der Waals surface area (Å²) in [6, 6.07) is 7.22. The molecule has 0 heterocycles. The van der Waals surface area contributed by atoms with Crippen molar-refractivity contribution in [3.63, 3.8) is 0 Å². The third-order valence-corrected chi connectivity index (χ3v) is 3.06. The Morgan fingerprint density at radius 1 is 1.16 bits per heavy atom. The summed E-state index contributed by atoms with van der Waals surface area (Å²) in [5.74, 6) is -1.21. The van der Waals surface area contributed by atoms with Crippen LogP contribution in [-0.2, 0) is 20.9 Å². The summed E-state index contributed by atoms with van der Waals surface area (Å²) in [6.45, 7) is 5.39. The van der Waals surface area contributed by atoms with Gasteiger partial charge in [-0.15, -0.1) is 0 Å². The standard InChI is InChI=1S/C17H24N4O4/c1-11(2)19-16(23)17(24)21-20-12(3)9-15(22)18-10-13-7-5-6-8-14(13)25-4/h5-8,11H,9-10H2,1-4H3,(H,18,22)(H,19,23)(H,21,24). The van der Waals surface area contributed by atoms with Gasteiger partial charge in [0, 0.05) is 23.9 Å². The monoisotopic (exact) mass is 348 g/mol. The molecule has 0 aromatic heterocycles. The zero-order valence-corrected chi connectivity index (χ0v) is 14.9. The van der Waals surface area contributed by atoms with E-state index in [4.69, 9.17) is 4.74 Å². The highest BCUT2D eigenvalue weighted by molar-refractivity contribution is 6.35. The van der Waals surface area contributed by atoms with Crippen molar-refractivity contribution in [3.8, 4) is 5.75 Å². The van der Waals surface area contributed by atoms with Crippen LogP contribution in [0.5, 0.6) is 5.75 Å². The molecular formula is C17H24N4O4. The highest BCUT2D eigenvalue weighted by atomic mass is 16.5. The van der Waals surface area contributed by atoms with Gasteiger partial charge < -0.3 is 15.4 Å². The van der Waals surface area contributed by atoms with Gasteiger partial charge in [-0.25, -0.2) is 5.43 Å². The molecule has 0 spiro atoms. The Morgan fingerprint density at radius 3 is 2.48 bits per heavy atom. The van der Waals surface area contributed by atoms with E-state index in [1.807, 2.05) is 24.3 Å². The van der Waals surface area contributed by atoms with E-state index in [0.29, 0.717) is 18.0 Å². The molecule has 0 saturated carbocycles. The van der Waals surface area contributed by atoms with E-state index in [1.54, 1.807) is 27.9 Å². The first-order valence-electron chi connectivity index (χ1n) is 7.86. The summed E-state index contributed by atoms with van der Waals surface area (Å²) in [4.78, 5) is 34.9. The Kier molecular flexibility index (Phi) is 8.11. The molecule has 25 heavy (non-hydrogen) atoms. The molecule has 0 atom stereocenters. The second-order valence-corrected chi connectivity index (χ2v) is 5.68. The van der Waals surface area contributed by atoms with Gasteiger partial charge in [-0.2, -0.15) is 5.10 Å². The van der Waals surface area contributed by atoms with E-state index in [0.717, 1.165) is 5.56 Å². The Hall–Kier alpha value is -2.90. The largest absolute Gasteiger partial charge is 0.496 e. The van der Waals surface area contributed by atoms with Gasteiger partial charge in [-0.3, -0.25) is 14.4 Å². The van der Waals surface area contributed by atoms with Crippen LogP contribution in [0.25, 0.3) is 0 Å². The van der Waals surface area contributed by atoms with E-state index < -0.39 is 11.8 Å². The van der Waals surface area contributed by atoms with Crippen molar-refractivity contribution in [1.82, 2.24) is 16.1 Å². The Labute approximate surface area is 147 Å². The first kappa shape index (κ1) is 20.1. The van der Waals surface area contributed by atoms with Crippen LogP contribution in [0.4, 0.5) is 0 Å². The number of nitrogens with zero attached hydrogens (tertiary/aromatic N) is 1. The van der Waals surface area contributed by atoms with Crippen LogP contribution in [0, 0.1) is 0 Å². The van der Waals surface area contributed by atoms with Crippen LogP contribution in [-0.4, -0.2) is 36.6 Å². The van der Waals surface area contributed by atoms with Gasteiger partial charge in [0.25, 0.3) is 0 Å². The second kappa shape index (κ2) is 10.1. The lowest BCUT2D eigenvalue weighted by molar-refractivity contribution is -0.139. The average molecular weight is 348 g/mol. The number of methoxy groups -OCH3 is 1. The first-order valence-corrected chi connectivity index (χ1v) is 7.86. The zero-order valence-electron chi connectivity index (χ0n) is 14.9. The molecule has 1 aromatic carbocycles. The van der Waals surface area contributed by atoms with Gasteiger partial charge in [-0.05, 0) is 26.8 Å². The fraction of sp³-hybridized carbons (Fsp3) is 0.412. The number of hydrogen-bond donors (Lipinski definition) is 3. The van der Waals surface area contributed by atoms with Crippen molar-refractivity contribution < 1.29 is 19.1 Å². The molecule has 1 aromatic rings. The fourth-order valence-corrected chi connectivity index (χ4v) is 1.90. The molecule has 8 nitrogen and oxygen atoms in total. The van der Waals surface area contributed by atoms with Gasteiger partial charge in [0.2, 0.25) is 5.91 Å². The summed E-state index contributed by atoms with van der Waals surface area (Å²) in [5, 5.41) is 8.95. The lowest BCUT2D eigenvalue weighted by Gasteiger charge is -2.09. The summed E-state index contributed by atoms with van der Waals surface area (Å²) in [7, 11) is 1.57. The summed E-state index contributed by atoms with van der Waals surface area (Å²) in [6.07, 6.45) is 0.00122. The lowest BCUT2D eigenvalue weighted by Crippen LogP contribution is -2.41. The maximum absolute atomic E-state index is 11.9. The highest BCUT2D eigenvalue weighted by Crippen LogP contribution is 2.16. The topological polar surface area (TPSA) is 109 Å². The van der Waals surface area contributed by atoms with Crippen LogP contribution in [0.1, 0.15) is 32.8 Å². The summed E-state index contributed by atoms with van der Waals surface area (Å²) < 4.78 is 5.21. The van der Waals surface area contributed by atoms with Crippen LogP contribution in [0.3, 0.4) is 0 Å². The van der Waals surface area contributed by atoms with Gasteiger partial charge in [0.15, 0.2) is 0 Å². The SMILES string of the molecule is COc1ccccc1CNC(=O)CC(C)=NNC(=O)C(=O)NC(C)C. The Bertz CT molecular complexity index is 656. The normalized spacial score (nSPS) is 11.0. The van der Waals surface area contributed by atoms with Crippen molar-refractivity contribution in [2.45, 2.75) is 39.8 Å². The molecule has 136 valence electrons. The Balaban J connectivity index is 2.45. The Morgan fingerprint density at radius 2 is 1.84 bits per heavy atom. The van der Waals surface area contributed by atoms with Crippen LogP contribution in [0.2, 0.25) is 0 Å². The summed E-state index contributed by atoms with van der Waals surface area (Å²) in [5.41, 5.74) is 3.35. The van der Waals surface area contributed by atoms with Crippen LogP contribution >= 0.6 is 0 Å². The maximum Gasteiger partial charge on any atom is 0.329 e. The van der Waals surface area contributed by atoms with Crippen molar-refractivity contribution >= 4 is 23.4 Å². The number of amides is 3. The van der Waals surface area contributed by atoms with E-state index in [1.165, 1.54) is 0 Å². The van der Waals surface area contributed by atoms with E-state index >= 15 is 0 Å².